The Hall–Kier alpha value is -1.02. The minimum Gasteiger partial charge on any atom is -0.384 e. The highest BCUT2D eigenvalue weighted by Gasteiger charge is 2.10. The Morgan fingerprint density at radius 3 is 2.94 bits per heavy atom. The van der Waals surface area contributed by atoms with Crippen molar-refractivity contribution in [3.63, 3.8) is 0 Å². The Bertz CT molecular complexity index is 347. The molecule has 0 bridgehead atoms. The molecule has 88 valence electrons. The molecule has 2 nitrogen and oxygen atoms in total. The van der Waals surface area contributed by atoms with Crippen molar-refractivity contribution < 1.29 is 0 Å². The van der Waals surface area contributed by atoms with Crippen molar-refractivity contribution in [1.29, 1.82) is 0 Å². The molecule has 0 saturated heterocycles. The molecule has 0 aliphatic carbocycles. The smallest absolute Gasteiger partial charge is 0.0373 e. The fourth-order valence-electron chi connectivity index (χ4n) is 2.38. The Labute approximate surface area is 98.7 Å². The maximum Gasteiger partial charge on any atom is 0.0373 e. The molecule has 1 heterocycles. The summed E-state index contributed by atoms with van der Waals surface area (Å²) >= 11 is 0. The average Bonchev–Trinajstić information content (AvgIpc) is 2.75. The lowest BCUT2D eigenvalue weighted by Crippen LogP contribution is -2.23. The highest BCUT2D eigenvalue weighted by molar-refractivity contribution is 5.56. The van der Waals surface area contributed by atoms with Crippen molar-refractivity contribution in [2.45, 2.75) is 33.2 Å². The Kier molecular flexibility index (Phi) is 3.83. The summed E-state index contributed by atoms with van der Waals surface area (Å²) < 4.78 is 0. The fraction of sp³-hybridized carbons (Fsp3) is 0.571. The predicted octanol–water partition coefficient (Wildman–Crippen LogP) is 2.89. The zero-order valence-electron chi connectivity index (χ0n) is 10.4. The second kappa shape index (κ2) is 5.35. The van der Waals surface area contributed by atoms with E-state index in [1.54, 1.807) is 0 Å². The Balaban J connectivity index is 2.04. The quantitative estimate of drug-likeness (QED) is 0.817. The van der Waals surface area contributed by atoms with E-state index in [4.69, 9.17) is 0 Å². The van der Waals surface area contributed by atoms with Crippen LogP contribution in [0.3, 0.4) is 0 Å². The average molecular weight is 218 g/mol. The van der Waals surface area contributed by atoms with Gasteiger partial charge in [0.1, 0.15) is 0 Å². The highest BCUT2D eigenvalue weighted by atomic mass is 15.1. The number of nitrogens with zero attached hydrogens (tertiary/aromatic N) is 1. The summed E-state index contributed by atoms with van der Waals surface area (Å²) in [7, 11) is 0. The van der Waals surface area contributed by atoms with E-state index in [0.717, 1.165) is 19.6 Å². The molecule has 0 spiro atoms. The van der Waals surface area contributed by atoms with Crippen molar-refractivity contribution in [3.8, 4) is 0 Å². The van der Waals surface area contributed by atoms with Gasteiger partial charge in [-0.25, -0.2) is 0 Å². The van der Waals surface area contributed by atoms with Crippen LogP contribution in [0.4, 0.5) is 5.69 Å². The maximum atomic E-state index is 3.41. The van der Waals surface area contributed by atoms with Gasteiger partial charge in [0, 0.05) is 18.8 Å². The summed E-state index contributed by atoms with van der Waals surface area (Å²) in [6.45, 7) is 9.03. The molecule has 0 aromatic heterocycles. The van der Waals surface area contributed by atoms with Crippen LogP contribution in [0.1, 0.15) is 31.4 Å². The molecule has 0 saturated carbocycles. The van der Waals surface area contributed by atoms with Gasteiger partial charge in [-0.3, -0.25) is 4.90 Å². The molecule has 0 radical (unpaired) electrons. The summed E-state index contributed by atoms with van der Waals surface area (Å²) in [5.74, 6) is 0. The first-order valence-corrected chi connectivity index (χ1v) is 6.41. The van der Waals surface area contributed by atoms with Crippen LogP contribution in [0.5, 0.6) is 0 Å². The SMILES string of the molecule is CCCN(CC)Cc1ccc2c(c1)CCN2. The minimum atomic E-state index is 1.09. The second-order valence-corrected chi connectivity index (χ2v) is 4.54. The molecular weight excluding hydrogens is 196 g/mol. The third kappa shape index (κ3) is 2.56. The van der Waals surface area contributed by atoms with Gasteiger partial charge in [0.2, 0.25) is 0 Å². The van der Waals surface area contributed by atoms with Gasteiger partial charge < -0.3 is 5.32 Å². The van der Waals surface area contributed by atoms with Gasteiger partial charge in [0.15, 0.2) is 0 Å². The number of nitrogens with one attached hydrogen (secondary N) is 1. The van der Waals surface area contributed by atoms with E-state index in [0.29, 0.717) is 0 Å². The second-order valence-electron chi connectivity index (χ2n) is 4.54. The van der Waals surface area contributed by atoms with Crippen molar-refractivity contribution in [2.24, 2.45) is 0 Å². The van der Waals surface area contributed by atoms with Crippen LogP contribution in [0.25, 0.3) is 0 Å². The van der Waals surface area contributed by atoms with E-state index in [-0.39, 0.29) is 0 Å². The minimum absolute atomic E-state index is 1.09. The summed E-state index contributed by atoms with van der Waals surface area (Å²) in [6.07, 6.45) is 2.42. The molecule has 16 heavy (non-hydrogen) atoms. The van der Waals surface area contributed by atoms with E-state index in [2.05, 4.69) is 42.3 Å². The van der Waals surface area contributed by atoms with E-state index in [1.807, 2.05) is 0 Å². The first kappa shape index (κ1) is 11.5. The van der Waals surface area contributed by atoms with Crippen molar-refractivity contribution in [3.05, 3.63) is 29.3 Å². The number of benzene rings is 1. The zero-order chi connectivity index (χ0) is 11.4. The zero-order valence-corrected chi connectivity index (χ0v) is 10.4. The first-order chi connectivity index (χ1) is 7.83. The fourth-order valence-corrected chi connectivity index (χ4v) is 2.38. The van der Waals surface area contributed by atoms with Gasteiger partial charge in [-0.2, -0.15) is 0 Å². The van der Waals surface area contributed by atoms with Crippen LogP contribution in [-0.4, -0.2) is 24.5 Å². The Morgan fingerprint density at radius 1 is 1.31 bits per heavy atom. The van der Waals surface area contributed by atoms with Gasteiger partial charge in [-0.15, -0.1) is 0 Å². The molecule has 0 amide bonds. The maximum absolute atomic E-state index is 3.41. The summed E-state index contributed by atoms with van der Waals surface area (Å²) in [6, 6.07) is 6.86. The molecule has 1 aromatic carbocycles. The molecule has 1 aliphatic heterocycles. The molecular formula is C14H22N2. The monoisotopic (exact) mass is 218 g/mol. The molecule has 2 heteroatoms. The van der Waals surface area contributed by atoms with Crippen LogP contribution < -0.4 is 5.32 Å². The van der Waals surface area contributed by atoms with Crippen molar-refractivity contribution >= 4 is 5.69 Å². The highest BCUT2D eigenvalue weighted by Crippen LogP contribution is 2.23. The standard InChI is InChI=1S/C14H22N2/c1-3-9-16(4-2)11-12-5-6-14-13(10-12)7-8-15-14/h5-6,10,15H,3-4,7-9,11H2,1-2H3. The van der Waals surface area contributed by atoms with E-state index >= 15 is 0 Å². The van der Waals surface area contributed by atoms with Gasteiger partial charge >= 0.3 is 0 Å². The summed E-state index contributed by atoms with van der Waals surface area (Å²) in [4.78, 5) is 2.50. The summed E-state index contributed by atoms with van der Waals surface area (Å²) in [5, 5.41) is 3.41. The van der Waals surface area contributed by atoms with Crippen LogP contribution in [0.2, 0.25) is 0 Å². The van der Waals surface area contributed by atoms with Crippen LogP contribution in [-0.2, 0) is 13.0 Å². The first-order valence-electron chi connectivity index (χ1n) is 6.41. The Morgan fingerprint density at radius 2 is 2.19 bits per heavy atom. The molecule has 1 N–H and O–H groups in total. The molecule has 1 aliphatic rings. The topological polar surface area (TPSA) is 15.3 Å². The lowest BCUT2D eigenvalue weighted by atomic mass is 10.1. The lowest BCUT2D eigenvalue weighted by molar-refractivity contribution is 0.280. The third-order valence-corrected chi connectivity index (χ3v) is 3.27. The van der Waals surface area contributed by atoms with Gasteiger partial charge in [0.05, 0.1) is 0 Å². The lowest BCUT2D eigenvalue weighted by Gasteiger charge is -2.19. The van der Waals surface area contributed by atoms with Crippen molar-refractivity contribution in [1.82, 2.24) is 4.90 Å². The van der Waals surface area contributed by atoms with Crippen molar-refractivity contribution in [2.75, 3.05) is 25.0 Å². The number of rotatable bonds is 5. The van der Waals surface area contributed by atoms with E-state index in [9.17, 15) is 0 Å². The molecule has 0 unspecified atom stereocenters. The molecule has 2 rings (SSSR count). The normalized spacial score (nSPS) is 13.9. The van der Waals surface area contributed by atoms with Gasteiger partial charge in [-0.05, 0) is 43.1 Å². The van der Waals surface area contributed by atoms with Crippen LogP contribution >= 0.6 is 0 Å². The molecule has 1 aromatic rings. The number of fused-ring (bicyclic) bond motifs is 1. The number of hydrogen-bond acceptors (Lipinski definition) is 2. The van der Waals surface area contributed by atoms with Gasteiger partial charge in [-0.1, -0.05) is 26.0 Å². The van der Waals surface area contributed by atoms with E-state index in [1.165, 1.54) is 36.2 Å². The molecule has 0 atom stereocenters. The summed E-state index contributed by atoms with van der Waals surface area (Å²) in [5.41, 5.74) is 4.28. The predicted molar refractivity (Wildman–Crippen MR) is 69.9 cm³/mol. The number of hydrogen-bond donors (Lipinski definition) is 1. The number of anilines is 1. The van der Waals surface area contributed by atoms with Gasteiger partial charge in [0.25, 0.3) is 0 Å². The van der Waals surface area contributed by atoms with Crippen LogP contribution in [0, 0.1) is 0 Å². The van der Waals surface area contributed by atoms with E-state index < -0.39 is 0 Å². The third-order valence-electron chi connectivity index (χ3n) is 3.27. The largest absolute Gasteiger partial charge is 0.384 e. The molecule has 0 fully saturated rings. The van der Waals surface area contributed by atoms with Crippen LogP contribution in [0.15, 0.2) is 18.2 Å².